The van der Waals surface area contributed by atoms with Crippen LogP contribution in [0.25, 0.3) is 0 Å². The minimum absolute atomic E-state index is 0.0375. The number of benzene rings is 1. The first kappa shape index (κ1) is 16.4. The fourth-order valence-electron chi connectivity index (χ4n) is 2.56. The Balaban J connectivity index is 2.24. The smallest absolute Gasteiger partial charge is 0.241 e. The first-order valence-electron chi connectivity index (χ1n) is 6.88. The van der Waals surface area contributed by atoms with Crippen molar-refractivity contribution >= 4 is 10.0 Å². The lowest BCUT2D eigenvalue weighted by Gasteiger charge is -2.35. The molecule has 0 spiro atoms. The number of hydrogen-bond donors (Lipinski definition) is 2. The van der Waals surface area contributed by atoms with Gasteiger partial charge in [-0.15, -0.1) is 0 Å². The lowest BCUT2D eigenvalue weighted by molar-refractivity contribution is -0.0599. The van der Waals surface area contributed by atoms with Gasteiger partial charge >= 0.3 is 0 Å². The number of nitrogens with one attached hydrogen (secondary N) is 1. The summed E-state index contributed by atoms with van der Waals surface area (Å²) in [6, 6.07) is 3.39. The number of halogens is 1. The van der Waals surface area contributed by atoms with Crippen molar-refractivity contribution in [3.8, 4) is 0 Å². The fourth-order valence-corrected chi connectivity index (χ4v) is 4.09. The van der Waals surface area contributed by atoms with Crippen LogP contribution in [0.2, 0.25) is 0 Å². The predicted molar refractivity (Wildman–Crippen MR) is 77.7 cm³/mol. The maximum Gasteiger partial charge on any atom is 0.241 e. The third kappa shape index (κ3) is 4.00. The van der Waals surface area contributed by atoms with Crippen molar-refractivity contribution in [1.82, 2.24) is 4.72 Å². The molecule has 1 heterocycles. The van der Waals surface area contributed by atoms with E-state index in [1.807, 2.05) is 13.8 Å². The Labute approximate surface area is 124 Å². The van der Waals surface area contributed by atoms with Gasteiger partial charge in [-0.3, -0.25) is 0 Å². The van der Waals surface area contributed by atoms with Crippen molar-refractivity contribution in [3.05, 3.63) is 29.6 Å². The molecule has 7 heteroatoms. The maximum absolute atomic E-state index is 13.4. The molecule has 5 nitrogen and oxygen atoms in total. The van der Waals surface area contributed by atoms with Crippen LogP contribution in [0.3, 0.4) is 0 Å². The topological polar surface area (TPSA) is 81.4 Å². The molecule has 0 saturated carbocycles. The van der Waals surface area contributed by atoms with Crippen LogP contribution >= 0.6 is 0 Å². The summed E-state index contributed by atoms with van der Waals surface area (Å²) < 4.78 is 46.5. The highest BCUT2D eigenvalue weighted by molar-refractivity contribution is 7.89. The van der Waals surface area contributed by atoms with Crippen LogP contribution < -0.4 is 10.5 Å². The molecule has 1 aliphatic heterocycles. The predicted octanol–water partition coefficient (Wildman–Crippen LogP) is 1.52. The second-order valence-electron chi connectivity index (χ2n) is 5.88. The molecule has 1 aromatic rings. The molecular formula is C14H21FN2O3S. The van der Waals surface area contributed by atoms with Crippen molar-refractivity contribution in [3.63, 3.8) is 0 Å². The fraction of sp³-hybridized carbons (Fsp3) is 0.571. The lowest BCUT2D eigenvalue weighted by Crippen LogP contribution is -2.45. The summed E-state index contributed by atoms with van der Waals surface area (Å²) in [6.45, 7) is 4.37. The minimum Gasteiger partial charge on any atom is -0.375 e. The Morgan fingerprint density at radius 1 is 1.48 bits per heavy atom. The molecule has 3 N–H and O–H groups in total. The van der Waals surface area contributed by atoms with Crippen molar-refractivity contribution in [2.24, 2.45) is 5.73 Å². The summed E-state index contributed by atoms with van der Waals surface area (Å²) in [6.07, 6.45) is 1.16. The lowest BCUT2D eigenvalue weighted by atomic mass is 9.95. The zero-order valence-electron chi connectivity index (χ0n) is 12.2. The SMILES string of the molecule is CC1(C)CC(NS(=O)(=O)c2cc(F)ccc2CN)CCO1. The molecule has 1 fully saturated rings. The van der Waals surface area contributed by atoms with Gasteiger partial charge in [-0.05, 0) is 44.4 Å². The van der Waals surface area contributed by atoms with Gasteiger partial charge in [0, 0.05) is 19.2 Å². The van der Waals surface area contributed by atoms with Crippen LogP contribution in [0.1, 0.15) is 32.3 Å². The van der Waals surface area contributed by atoms with Crippen molar-refractivity contribution < 1.29 is 17.5 Å². The molecule has 118 valence electrons. The second-order valence-corrected chi connectivity index (χ2v) is 7.56. The molecule has 1 unspecified atom stereocenters. The monoisotopic (exact) mass is 316 g/mol. The van der Waals surface area contributed by atoms with Gasteiger partial charge in [-0.25, -0.2) is 17.5 Å². The van der Waals surface area contributed by atoms with E-state index < -0.39 is 15.8 Å². The van der Waals surface area contributed by atoms with Crippen LogP contribution in [-0.4, -0.2) is 26.7 Å². The third-order valence-electron chi connectivity index (χ3n) is 3.56. The number of hydrogen-bond acceptors (Lipinski definition) is 4. The van der Waals surface area contributed by atoms with Gasteiger partial charge in [-0.2, -0.15) is 0 Å². The normalized spacial score (nSPS) is 22.2. The quantitative estimate of drug-likeness (QED) is 0.882. The van der Waals surface area contributed by atoms with Crippen LogP contribution in [0.15, 0.2) is 23.1 Å². The summed E-state index contributed by atoms with van der Waals surface area (Å²) in [5.74, 6) is -0.597. The van der Waals surface area contributed by atoms with E-state index >= 15 is 0 Å². The van der Waals surface area contributed by atoms with Crippen LogP contribution in [0, 0.1) is 5.82 Å². The van der Waals surface area contributed by atoms with E-state index in [2.05, 4.69) is 4.72 Å². The number of ether oxygens (including phenoxy) is 1. The molecule has 21 heavy (non-hydrogen) atoms. The minimum atomic E-state index is -3.80. The molecule has 2 rings (SSSR count). The standard InChI is InChI=1S/C14H21FN2O3S/c1-14(2)8-12(5-6-20-14)17-21(18,19)13-7-11(15)4-3-10(13)9-16/h3-4,7,12,17H,5-6,8-9,16H2,1-2H3. The third-order valence-corrected chi connectivity index (χ3v) is 5.16. The van der Waals surface area contributed by atoms with Crippen molar-refractivity contribution in [2.45, 2.75) is 49.8 Å². The average molecular weight is 316 g/mol. The van der Waals surface area contributed by atoms with E-state index in [-0.39, 0.29) is 23.1 Å². The van der Waals surface area contributed by atoms with E-state index in [1.165, 1.54) is 12.1 Å². The molecular weight excluding hydrogens is 295 g/mol. The molecule has 1 atom stereocenters. The highest BCUT2D eigenvalue weighted by Gasteiger charge is 2.32. The number of nitrogens with two attached hydrogens (primary N) is 1. The van der Waals surface area contributed by atoms with Crippen LogP contribution in [-0.2, 0) is 21.3 Å². The van der Waals surface area contributed by atoms with E-state index in [9.17, 15) is 12.8 Å². The zero-order valence-corrected chi connectivity index (χ0v) is 13.0. The average Bonchev–Trinajstić information content (AvgIpc) is 2.37. The van der Waals surface area contributed by atoms with Gasteiger partial charge in [0.1, 0.15) is 5.82 Å². The largest absolute Gasteiger partial charge is 0.375 e. The Kier molecular flexibility index (Phi) is 4.67. The summed E-state index contributed by atoms with van der Waals surface area (Å²) in [5, 5.41) is 0. The summed E-state index contributed by atoms with van der Waals surface area (Å²) in [5.41, 5.74) is 5.57. The zero-order chi connectivity index (χ0) is 15.7. The molecule has 0 aliphatic carbocycles. The second kappa shape index (κ2) is 6.00. The first-order chi connectivity index (χ1) is 9.73. The van der Waals surface area contributed by atoms with E-state index in [0.29, 0.717) is 25.0 Å². The highest BCUT2D eigenvalue weighted by Crippen LogP contribution is 2.26. The molecule has 1 aliphatic rings. The molecule has 0 aromatic heterocycles. The van der Waals surface area contributed by atoms with Crippen molar-refractivity contribution in [2.75, 3.05) is 6.61 Å². The van der Waals surface area contributed by atoms with Crippen LogP contribution in [0.4, 0.5) is 4.39 Å². The molecule has 0 radical (unpaired) electrons. The Morgan fingerprint density at radius 2 is 2.19 bits per heavy atom. The van der Waals surface area contributed by atoms with Gasteiger partial charge in [0.2, 0.25) is 10.0 Å². The van der Waals surface area contributed by atoms with Crippen molar-refractivity contribution in [1.29, 1.82) is 0 Å². The van der Waals surface area contributed by atoms with E-state index in [4.69, 9.17) is 10.5 Å². The maximum atomic E-state index is 13.4. The number of sulfonamides is 1. The molecule has 0 amide bonds. The van der Waals surface area contributed by atoms with Gasteiger partial charge in [0.25, 0.3) is 0 Å². The molecule has 1 aromatic carbocycles. The van der Waals surface area contributed by atoms with Gasteiger partial charge in [-0.1, -0.05) is 6.07 Å². The summed E-state index contributed by atoms with van der Waals surface area (Å²) in [4.78, 5) is -0.0886. The van der Waals surface area contributed by atoms with Crippen LogP contribution in [0.5, 0.6) is 0 Å². The molecule has 1 saturated heterocycles. The first-order valence-corrected chi connectivity index (χ1v) is 8.37. The summed E-state index contributed by atoms with van der Waals surface area (Å²) >= 11 is 0. The Hall–Kier alpha value is -1.02. The number of rotatable bonds is 4. The van der Waals surface area contributed by atoms with Gasteiger partial charge in [0.15, 0.2) is 0 Å². The van der Waals surface area contributed by atoms with Gasteiger partial charge < -0.3 is 10.5 Å². The molecule has 0 bridgehead atoms. The summed E-state index contributed by atoms with van der Waals surface area (Å²) in [7, 11) is -3.80. The Bertz CT molecular complexity index is 617. The van der Waals surface area contributed by atoms with Gasteiger partial charge in [0.05, 0.1) is 10.5 Å². The highest BCUT2D eigenvalue weighted by atomic mass is 32.2. The van der Waals surface area contributed by atoms with E-state index in [0.717, 1.165) is 6.07 Å². The van der Waals surface area contributed by atoms with E-state index in [1.54, 1.807) is 0 Å². The Morgan fingerprint density at radius 3 is 2.81 bits per heavy atom.